The Labute approximate surface area is 96.1 Å². The van der Waals surface area contributed by atoms with Crippen molar-refractivity contribution >= 4 is 5.78 Å². The minimum Gasteiger partial charge on any atom is -0.497 e. The molecule has 0 aliphatic heterocycles. The maximum atomic E-state index is 11.4. The minimum absolute atomic E-state index is 0.0915. The Kier molecular flexibility index (Phi) is 5.57. The molecule has 0 aromatic heterocycles. The molecule has 0 unspecified atom stereocenters. The average Bonchev–Trinajstić information content (AvgIpc) is 2.34. The summed E-state index contributed by atoms with van der Waals surface area (Å²) in [5, 5.41) is 8.59. The highest BCUT2D eigenvalue weighted by molar-refractivity contribution is 5.78. The molecule has 0 saturated carbocycles. The quantitative estimate of drug-likeness (QED) is 0.767. The third kappa shape index (κ3) is 4.45. The lowest BCUT2D eigenvalue weighted by Crippen LogP contribution is -2.01. The topological polar surface area (TPSA) is 46.5 Å². The van der Waals surface area contributed by atoms with E-state index in [-0.39, 0.29) is 12.4 Å². The van der Waals surface area contributed by atoms with E-state index < -0.39 is 0 Å². The summed E-state index contributed by atoms with van der Waals surface area (Å²) in [7, 11) is 1.63. The fourth-order valence-electron chi connectivity index (χ4n) is 1.48. The third-order valence-corrected chi connectivity index (χ3v) is 2.47. The largest absolute Gasteiger partial charge is 0.497 e. The number of hydrogen-bond acceptors (Lipinski definition) is 3. The van der Waals surface area contributed by atoms with Gasteiger partial charge >= 0.3 is 0 Å². The molecule has 0 heterocycles. The molecule has 1 rings (SSSR count). The van der Waals surface area contributed by atoms with Crippen LogP contribution in [0.25, 0.3) is 0 Å². The Morgan fingerprint density at radius 2 is 1.94 bits per heavy atom. The van der Waals surface area contributed by atoms with Crippen LogP contribution in [0.5, 0.6) is 5.75 Å². The lowest BCUT2D eigenvalue weighted by molar-refractivity contribution is -0.119. The van der Waals surface area contributed by atoms with Gasteiger partial charge in [-0.3, -0.25) is 4.79 Å². The molecule has 0 spiro atoms. The standard InChI is InChI=1S/C13H18O3/c1-16-13-8-5-11(6-9-13)4-7-12(15)3-2-10-14/h5-6,8-9,14H,2-4,7,10H2,1H3. The number of carbonyl (C=O) groups is 1. The molecule has 88 valence electrons. The molecule has 0 atom stereocenters. The Morgan fingerprint density at radius 3 is 2.50 bits per heavy atom. The van der Waals surface area contributed by atoms with Gasteiger partial charge in [-0.1, -0.05) is 12.1 Å². The summed E-state index contributed by atoms with van der Waals surface area (Å²) in [6, 6.07) is 7.73. The highest BCUT2D eigenvalue weighted by Crippen LogP contribution is 2.13. The third-order valence-electron chi connectivity index (χ3n) is 2.47. The first-order chi connectivity index (χ1) is 7.76. The van der Waals surface area contributed by atoms with E-state index in [4.69, 9.17) is 9.84 Å². The van der Waals surface area contributed by atoms with Gasteiger partial charge in [-0.25, -0.2) is 0 Å². The maximum absolute atomic E-state index is 11.4. The summed E-state index contributed by atoms with van der Waals surface area (Å²) in [6.07, 6.45) is 2.36. The zero-order valence-corrected chi connectivity index (χ0v) is 9.61. The van der Waals surface area contributed by atoms with Gasteiger partial charge in [0.2, 0.25) is 0 Å². The van der Waals surface area contributed by atoms with E-state index in [1.54, 1.807) is 7.11 Å². The molecule has 0 aliphatic rings. The smallest absolute Gasteiger partial charge is 0.133 e. The molecule has 3 heteroatoms. The van der Waals surface area contributed by atoms with Crippen LogP contribution in [0.15, 0.2) is 24.3 Å². The number of rotatable bonds is 7. The second-order valence-corrected chi connectivity index (χ2v) is 3.71. The normalized spacial score (nSPS) is 10.1. The van der Waals surface area contributed by atoms with Gasteiger partial charge < -0.3 is 9.84 Å². The average molecular weight is 222 g/mol. The Hall–Kier alpha value is -1.35. The maximum Gasteiger partial charge on any atom is 0.133 e. The van der Waals surface area contributed by atoms with Crippen LogP contribution in [0.2, 0.25) is 0 Å². The Bertz CT molecular complexity index is 316. The van der Waals surface area contributed by atoms with Gasteiger partial charge in [-0.2, -0.15) is 0 Å². The summed E-state index contributed by atoms with van der Waals surface area (Å²) in [5.41, 5.74) is 1.14. The number of aliphatic hydroxyl groups excluding tert-OH is 1. The van der Waals surface area contributed by atoms with Gasteiger partial charge in [0.15, 0.2) is 0 Å². The van der Waals surface area contributed by atoms with Crippen molar-refractivity contribution in [1.29, 1.82) is 0 Å². The number of hydrogen-bond donors (Lipinski definition) is 1. The number of aliphatic hydroxyl groups is 1. The molecule has 0 fully saturated rings. The van der Waals surface area contributed by atoms with Gasteiger partial charge in [0, 0.05) is 19.4 Å². The molecule has 3 nitrogen and oxygen atoms in total. The van der Waals surface area contributed by atoms with Gasteiger partial charge in [0.1, 0.15) is 11.5 Å². The molecule has 16 heavy (non-hydrogen) atoms. The van der Waals surface area contributed by atoms with Crippen LogP contribution in [-0.4, -0.2) is 24.6 Å². The summed E-state index contributed by atoms with van der Waals surface area (Å²) in [5.74, 6) is 1.04. The molecule has 1 N–H and O–H groups in total. The van der Waals surface area contributed by atoms with Crippen LogP contribution >= 0.6 is 0 Å². The molecule has 0 aliphatic carbocycles. The first kappa shape index (κ1) is 12.7. The van der Waals surface area contributed by atoms with Crippen molar-refractivity contribution in [3.05, 3.63) is 29.8 Å². The van der Waals surface area contributed by atoms with Crippen LogP contribution in [0, 0.1) is 0 Å². The van der Waals surface area contributed by atoms with Crippen LogP contribution in [0.4, 0.5) is 0 Å². The van der Waals surface area contributed by atoms with Gasteiger partial charge in [0.25, 0.3) is 0 Å². The fourth-order valence-corrected chi connectivity index (χ4v) is 1.48. The lowest BCUT2D eigenvalue weighted by Gasteiger charge is -2.03. The predicted molar refractivity (Wildman–Crippen MR) is 62.6 cm³/mol. The van der Waals surface area contributed by atoms with Gasteiger partial charge in [-0.15, -0.1) is 0 Å². The first-order valence-electron chi connectivity index (χ1n) is 5.51. The molecule has 1 aromatic rings. The van der Waals surface area contributed by atoms with Gasteiger partial charge in [0.05, 0.1) is 7.11 Å². The van der Waals surface area contributed by atoms with E-state index in [9.17, 15) is 4.79 Å². The van der Waals surface area contributed by atoms with Crippen molar-refractivity contribution in [1.82, 2.24) is 0 Å². The van der Waals surface area contributed by atoms with Crippen molar-refractivity contribution < 1.29 is 14.6 Å². The summed E-state index contributed by atoms with van der Waals surface area (Å²) < 4.78 is 5.05. The number of carbonyl (C=O) groups excluding carboxylic acids is 1. The number of aryl methyl sites for hydroxylation is 1. The van der Waals surface area contributed by atoms with Gasteiger partial charge in [-0.05, 0) is 30.5 Å². The van der Waals surface area contributed by atoms with Crippen LogP contribution in [0.3, 0.4) is 0 Å². The van der Waals surface area contributed by atoms with Crippen LogP contribution < -0.4 is 4.74 Å². The van der Waals surface area contributed by atoms with Crippen molar-refractivity contribution in [2.24, 2.45) is 0 Å². The van der Waals surface area contributed by atoms with Crippen LogP contribution in [-0.2, 0) is 11.2 Å². The monoisotopic (exact) mass is 222 g/mol. The second-order valence-electron chi connectivity index (χ2n) is 3.71. The first-order valence-corrected chi connectivity index (χ1v) is 5.51. The van der Waals surface area contributed by atoms with E-state index in [1.165, 1.54) is 0 Å². The number of ketones is 1. The summed E-state index contributed by atoms with van der Waals surface area (Å²) >= 11 is 0. The van der Waals surface area contributed by atoms with Crippen molar-refractivity contribution in [3.8, 4) is 5.75 Å². The number of Topliss-reactive ketones (excluding diaryl/α,β-unsaturated/α-hetero) is 1. The van der Waals surface area contributed by atoms with E-state index in [1.807, 2.05) is 24.3 Å². The summed E-state index contributed by atoms with van der Waals surface area (Å²) in [4.78, 5) is 11.4. The van der Waals surface area contributed by atoms with Crippen LogP contribution in [0.1, 0.15) is 24.8 Å². The zero-order valence-electron chi connectivity index (χ0n) is 9.61. The van der Waals surface area contributed by atoms with E-state index in [0.717, 1.165) is 17.7 Å². The molecule has 1 aromatic carbocycles. The predicted octanol–water partition coefficient (Wildman–Crippen LogP) is 1.97. The molecule has 0 bridgehead atoms. The molecule has 0 saturated heterocycles. The molecule has 0 amide bonds. The highest BCUT2D eigenvalue weighted by atomic mass is 16.5. The van der Waals surface area contributed by atoms with Crippen molar-refractivity contribution in [2.45, 2.75) is 25.7 Å². The number of ether oxygens (including phenoxy) is 1. The Balaban J connectivity index is 2.33. The molecular formula is C13H18O3. The lowest BCUT2D eigenvalue weighted by atomic mass is 10.1. The van der Waals surface area contributed by atoms with E-state index >= 15 is 0 Å². The second kappa shape index (κ2) is 7.01. The zero-order chi connectivity index (χ0) is 11.8. The Morgan fingerprint density at radius 1 is 1.25 bits per heavy atom. The number of benzene rings is 1. The fraction of sp³-hybridized carbons (Fsp3) is 0.462. The van der Waals surface area contributed by atoms with E-state index in [2.05, 4.69) is 0 Å². The summed E-state index contributed by atoms with van der Waals surface area (Å²) in [6.45, 7) is 0.0915. The minimum atomic E-state index is 0.0915. The number of methoxy groups -OCH3 is 1. The SMILES string of the molecule is COc1ccc(CCC(=O)CCCO)cc1. The molecular weight excluding hydrogens is 204 g/mol. The highest BCUT2D eigenvalue weighted by Gasteiger charge is 2.02. The van der Waals surface area contributed by atoms with Crippen molar-refractivity contribution in [2.75, 3.05) is 13.7 Å². The molecule has 0 radical (unpaired) electrons. The van der Waals surface area contributed by atoms with E-state index in [0.29, 0.717) is 19.3 Å². The van der Waals surface area contributed by atoms with Crippen molar-refractivity contribution in [3.63, 3.8) is 0 Å².